The molecule has 0 amide bonds. The van der Waals surface area contributed by atoms with Gasteiger partial charge in [-0.3, -0.25) is 14.6 Å². The molecule has 1 aliphatic heterocycles. The normalized spacial score (nSPS) is 18.5. The van der Waals surface area contributed by atoms with Gasteiger partial charge < -0.3 is 9.14 Å². The summed E-state index contributed by atoms with van der Waals surface area (Å²) in [6, 6.07) is 5.85. The van der Waals surface area contributed by atoms with Crippen LogP contribution in [0, 0.1) is 0 Å². The standard InChI is InChI=1S/C16H22N4O2/c1-13(16(21)22-2)19-9-7-18(8-10-19)11-14-12-20-6-4-3-5-15(20)17-14/h3-6,12-13H,7-11H2,1-2H3. The Morgan fingerprint density at radius 3 is 2.77 bits per heavy atom. The van der Waals surface area contributed by atoms with Crippen LogP contribution in [0.1, 0.15) is 12.6 Å². The van der Waals surface area contributed by atoms with Gasteiger partial charge in [-0.05, 0) is 19.1 Å². The van der Waals surface area contributed by atoms with Gasteiger partial charge >= 0.3 is 5.97 Å². The van der Waals surface area contributed by atoms with Crippen LogP contribution in [-0.2, 0) is 16.1 Å². The van der Waals surface area contributed by atoms with Gasteiger partial charge in [0.25, 0.3) is 0 Å². The summed E-state index contributed by atoms with van der Waals surface area (Å²) in [4.78, 5) is 20.8. The number of carbonyl (C=O) groups excluding carboxylic acids is 1. The van der Waals surface area contributed by atoms with E-state index in [-0.39, 0.29) is 12.0 Å². The van der Waals surface area contributed by atoms with Crippen LogP contribution in [0.5, 0.6) is 0 Å². The summed E-state index contributed by atoms with van der Waals surface area (Å²) in [5.41, 5.74) is 2.07. The Bertz CT molecular complexity index is 613. The fraction of sp³-hybridized carbons (Fsp3) is 0.500. The second kappa shape index (κ2) is 6.46. The molecule has 118 valence electrons. The number of methoxy groups -OCH3 is 1. The lowest BCUT2D eigenvalue weighted by Gasteiger charge is -2.36. The molecule has 1 fully saturated rings. The highest BCUT2D eigenvalue weighted by Gasteiger charge is 2.26. The maximum Gasteiger partial charge on any atom is 0.322 e. The van der Waals surface area contributed by atoms with E-state index >= 15 is 0 Å². The molecule has 0 saturated carbocycles. The van der Waals surface area contributed by atoms with Gasteiger partial charge in [-0.25, -0.2) is 4.98 Å². The van der Waals surface area contributed by atoms with Gasteiger partial charge in [0.15, 0.2) is 0 Å². The number of pyridine rings is 1. The smallest absolute Gasteiger partial charge is 0.322 e. The number of hydrogen-bond acceptors (Lipinski definition) is 5. The summed E-state index contributed by atoms with van der Waals surface area (Å²) in [5, 5.41) is 0. The minimum absolute atomic E-state index is 0.159. The van der Waals surface area contributed by atoms with Crippen molar-refractivity contribution in [1.82, 2.24) is 19.2 Å². The van der Waals surface area contributed by atoms with E-state index in [1.165, 1.54) is 7.11 Å². The summed E-state index contributed by atoms with van der Waals surface area (Å²) in [7, 11) is 1.44. The van der Waals surface area contributed by atoms with E-state index in [4.69, 9.17) is 4.74 Å². The SMILES string of the molecule is COC(=O)C(C)N1CCN(Cc2cn3ccccc3n2)CC1. The van der Waals surface area contributed by atoms with Crippen molar-refractivity contribution in [3.8, 4) is 0 Å². The molecule has 0 bridgehead atoms. The van der Waals surface area contributed by atoms with Gasteiger partial charge in [0.1, 0.15) is 11.7 Å². The number of carbonyl (C=O) groups is 1. The van der Waals surface area contributed by atoms with Crippen LogP contribution in [0.15, 0.2) is 30.6 Å². The molecule has 1 saturated heterocycles. The quantitative estimate of drug-likeness (QED) is 0.789. The number of fused-ring (bicyclic) bond motifs is 1. The van der Waals surface area contributed by atoms with Gasteiger partial charge in [-0.15, -0.1) is 0 Å². The van der Waals surface area contributed by atoms with Gasteiger partial charge in [0.2, 0.25) is 0 Å². The third-order valence-electron chi connectivity index (χ3n) is 4.30. The average molecular weight is 302 g/mol. The fourth-order valence-corrected chi connectivity index (χ4v) is 2.92. The predicted octanol–water partition coefficient (Wildman–Crippen LogP) is 1.01. The van der Waals surface area contributed by atoms with E-state index in [1.54, 1.807) is 0 Å². The molecule has 0 radical (unpaired) electrons. The third kappa shape index (κ3) is 3.13. The Balaban J connectivity index is 1.56. The molecule has 0 N–H and O–H groups in total. The summed E-state index contributed by atoms with van der Waals surface area (Å²) < 4.78 is 6.86. The topological polar surface area (TPSA) is 50.1 Å². The minimum Gasteiger partial charge on any atom is -0.468 e. The Labute approximate surface area is 130 Å². The van der Waals surface area contributed by atoms with Crippen LogP contribution in [0.25, 0.3) is 5.65 Å². The molecule has 0 spiro atoms. The summed E-state index contributed by atoms with van der Waals surface area (Å²) in [6.07, 6.45) is 4.10. The third-order valence-corrected chi connectivity index (χ3v) is 4.30. The maximum atomic E-state index is 11.6. The minimum atomic E-state index is -0.164. The van der Waals surface area contributed by atoms with Gasteiger partial charge in [0.05, 0.1) is 12.8 Å². The molecule has 1 unspecified atom stereocenters. The number of aromatic nitrogens is 2. The lowest BCUT2D eigenvalue weighted by atomic mass is 10.2. The summed E-state index contributed by atoms with van der Waals surface area (Å²) in [5.74, 6) is -0.159. The molecule has 6 nitrogen and oxygen atoms in total. The van der Waals surface area contributed by atoms with Crippen molar-refractivity contribution in [2.75, 3.05) is 33.3 Å². The molecule has 2 aromatic heterocycles. The lowest BCUT2D eigenvalue weighted by Crippen LogP contribution is -2.51. The van der Waals surface area contributed by atoms with Crippen LogP contribution in [0.3, 0.4) is 0 Å². The van der Waals surface area contributed by atoms with Crippen molar-refractivity contribution in [2.24, 2.45) is 0 Å². The first-order valence-corrected chi connectivity index (χ1v) is 7.64. The fourth-order valence-electron chi connectivity index (χ4n) is 2.92. The van der Waals surface area contributed by atoms with Crippen molar-refractivity contribution < 1.29 is 9.53 Å². The largest absolute Gasteiger partial charge is 0.468 e. The van der Waals surface area contributed by atoms with Crippen molar-refractivity contribution >= 4 is 11.6 Å². The average Bonchev–Trinajstić information content (AvgIpc) is 2.96. The zero-order valence-electron chi connectivity index (χ0n) is 13.1. The molecular weight excluding hydrogens is 280 g/mol. The first-order valence-electron chi connectivity index (χ1n) is 7.64. The van der Waals surface area contributed by atoms with E-state index in [2.05, 4.69) is 21.0 Å². The van der Waals surface area contributed by atoms with Crippen molar-refractivity contribution in [2.45, 2.75) is 19.5 Å². The van der Waals surface area contributed by atoms with Crippen molar-refractivity contribution in [1.29, 1.82) is 0 Å². The zero-order chi connectivity index (χ0) is 15.5. The molecule has 0 aromatic carbocycles. The Kier molecular flexibility index (Phi) is 4.40. The second-order valence-corrected chi connectivity index (χ2v) is 5.71. The second-order valence-electron chi connectivity index (χ2n) is 5.71. The molecule has 3 heterocycles. The number of esters is 1. The number of piperazine rings is 1. The number of nitrogens with zero attached hydrogens (tertiary/aromatic N) is 4. The van der Waals surface area contributed by atoms with Crippen molar-refractivity contribution in [3.05, 3.63) is 36.3 Å². The highest BCUT2D eigenvalue weighted by Crippen LogP contribution is 2.12. The molecule has 22 heavy (non-hydrogen) atoms. The molecule has 0 aliphatic carbocycles. The highest BCUT2D eigenvalue weighted by molar-refractivity contribution is 5.75. The van der Waals surface area contributed by atoms with Gasteiger partial charge in [-0.1, -0.05) is 6.07 Å². The van der Waals surface area contributed by atoms with E-state index in [0.717, 1.165) is 44.1 Å². The van der Waals surface area contributed by atoms with Crippen LogP contribution in [0.4, 0.5) is 0 Å². The summed E-state index contributed by atoms with van der Waals surface area (Å²) >= 11 is 0. The Hall–Kier alpha value is -1.92. The molecular formula is C16H22N4O2. The Morgan fingerprint density at radius 1 is 1.32 bits per heavy atom. The molecule has 2 aromatic rings. The number of ether oxygens (including phenoxy) is 1. The molecule has 1 atom stereocenters. The van der Waals surface area contributed by atoms with E-state index < -0.39 is 0 Å². The van der Waals surface area contributed by atoms with E-state index in [9.17, 15) is 4.79 Å². The maximum absolute atomic E-state index is 11.6. The predicted molar refractivity (Wildman–Crippen MR) is 83.5 cm³/mol. The zero-order valence-corrected chi connectivity index (χ0v) is 13.1. The van der Waals surface area contributed by atoms with Gasteiger partial charge in [-0.2, -0.15) is 0 Å². The van der Waals surface area contributed by atoms with Crippen LogP contribution >= 0.6 is 0 Å². The highest BCUT2D eigenvalue weighted by atomic mass is 16.5. The molecule has 6 heteroatoms. The van der Waals surface area contributed by atoms with Crippen LogP contribution in [-0.4, -0.2) is 64.5 Å². The monoisotopic (exact) mass is 302 g/mol. The Morgan fingerprint density at radius 2 is 2.09 bits per heavy atom. The van der Waals surface area contributed by atoms with Crippen LogP contribution < -0.4 is 0 Å². The lowest BCUT2D eigenvalue weighted by molar-refractivity contribution is -0.147. The number of rotatable bonds is 4. The molecule has 3 rings (SSSR count). The first-order chi connectivity index (χ1) is 10.7. The van der Waals surface area contributed by atoms with Crippen LogP contribution in [0.2, 0.25) is 0 Å². The molecule has 1 aliphatic rings. The van der Waals surface area contributed by atoms with Gasteiger partial charge in [0, 0.05) is 45.1 Å². The summed E-state index contributed by atoms with van der Waals surface area (Å²) in [6.45, 7) is 6.39. The number of imidazole rings is 1. The number of hydrogen-bond donors (Lipinski definition) is 0. The van der Waals surface area contributed by atoms with E-state index in [0.29, 0.717) is 0 Å². The van der Waals surface area contributed by atoms with Crippen molar-refractivity contribution in [3.63, 3.8) is 0 Å². The first kappa shape index (κ1) is 15.0. The van der Waals surface area contributed by atoms with E-state index in [1.807, 2.05) is 35.7 Å².